The molecule has 28 heavy (non-hydrogen) atoms. The molecule has 1 saturated heterocycles. The fraction of sp³-hybridized carbons (Fsp3) is 0.400. The summed E-state index contributed by atoms with van der Waals surface area (Å²) in [4.78, 5) is 8.42. The Morgan fingerprint density at radius 3 is 2.71 bits per heavy atom. The molecule has 0 saturated carbocycles. The summed E-state index contributed by atoms with van der Waals surface area (Å²) in [6.07, 6.45) is -2.22. The highest BCUT2D eigenvalue weighted by atomic mass is 16.6. The van der Waals surface area contributed by atoms with Crippen LogP contribution < -0.4 is 0 Å². The van der Waals surface area contributed by atoms with Crippen LogP contribution in [0.2, 0.25) is 0 Å². The molecule has 0 spiro atoms. The average molecular weight is 383 g/mol. The summed E-state index contributed by atoms with van der Waals surface area (Å²) >= 11 is 0. The van der Waals surface area contributed by atoms with Crippen molar-refractivity contribution < 1.29 is 25.2 Å². The third-order valence-electron chi connectivity index (χ3n) is 5.85. The van der Waals surface area contributed by atoms with E-state index in [4.69, 9.17) is 4.74 Å². The second-order valence-electron chi connectivity index (χ2n) is 7.51. The number of aliphatic hydroxyl groups excluding tert-OH is 4. The molecule has 5 rings (SSSR count). The summed E-state index contributed by atoms with van der Waals surface area (Å²) in [6.45, 7) is 1.86. The van der Waals surface area contributed by atoms with Gasteiger partial charge < -0.3 is 29.7 Å². The predicted octanol–water partition coefficient (Wildman–Crippen LogP) is 0.682. The van der Waals surface area contributed by atoms with Crippen molar-refractivity contribution in [3.05, 3.63) is 59.2 Å². The van der Waals surface area contributed by atoms with Gasteiger partial charge in [-0.15, -0.1) is 0 Å². The molecule has 8 heteroatoms. The highest BCUT2D eigenvalue weighted by Gasteiger charge is 2.47. The molecule has 8 nitrogen and oxygen atoms in total. The highest BCUT2D eigenvalue weighted by Crippen LogP contribution is 2.40. The van der Waals surface area contributed by atoms with E-state index < -0.39 is 36.7 Å². The van der Waals surface area contributed by atoms with Gasteiger partial charge in [0.05, 0.1) is 11.8 Å². The third-order valence-corrected chi connectivity index (χ3v) is 5.85. The molecule has 3 aromatic rings. The second-order valence-corrected chi connectivity index (χ2v) is 7.51. The van der Waals surface area contributed by atoms with Gasteiger partial charge in [0.2, 0.25) is 0 Å². The normalized spacial score (nSPS) is 30.2. The Bertz CT molecular complexity index is 1050. The van der Waals surface area contributed by atoms with E-state index in [1.807, 2.05) is 19.1 Å². The minimum atomic E-state index is -1.27. The SMILES string of the molecule is Cc1ncnc2c1ccn2[C@@H]1O[C@H]([C@H](O)c2ccc3c(c2)CC3O)[C@@H](O)[C@H]1O. The summed E-state index contributed by atoms with van der Waals surface area (Å²) in [5, 5.41) is 42.4. The van der Waals surface area contributed by atoms with Crippen LogP contribution in [-0.2, 0) is 11.2 Å². The van der Waals surface area contributed by atoms with E-state index in [9.17, 15) is 20.4 Å². The molecule has 3 heterocycles. The van der Waals surface area contributed by atoms with Crippen molar-refractivity contribution in [3.63, 3.8) is 0 Å². The zero-order valence-electron chi connectivity index (χ0n) is 15.2. The third kappa shape index (κ3) is 2.50. The fourth-order valence-electron chi connectivity index (χ4n) is 4.17. The predicted molar refractivity (Wildman–Crippen MR) is 98.3 cm³/mol. The molecule has 1 aromatic carbocycles. The monoisotopic (exact) mass is 383 g/mol. The number of aromatic nitrogens is 3. The highest BCUT2D eigenvalue weighted by molar-refractivity contribution is 5.78. The first-order valence-electron chi connectivity index (χ1n) is 9.24. The van der Waals surface area contributed by atoms with Gasteiger partial charge >= 0.3 is 0 Å². The number of ether oxygens (including phenoxy) is 1. The van der Waals surface area contributed by atoms with E-state index in [0.29, 0.717) is 17.6 Å². The van der Waals surface area contributed by atoms with Crippen LogP contribution in [0.3, 0.4) is 0 Å². The molecule has 1 aliphatic heterocycles. The molecule has 1 unspecified atom stereocenters. The minimum Gasteiger partial charge on any atom is -0.388 e. The maximum atomic E-state index is 10.8. The van der Waals surface area contributed by atoms with Crippen LogP contribution in [-0.4, -0.2) is 53.3 Å². The van der Waals surface area contributed by atoms with Gasteiger partial charge in [0, 0.05) is 18.0 Å². The van der Waals surface area contributed by atoms with Crippen molar-refractivity contribution in [1.82, 2.24) is 14.5 Å². The summed E-state index contributed by atoms with van der Waals surface area (Å²) in [5.41, 5.74) is 3.80. The van der Waals surface area contributed by atoms with Gasteiger partial charge in [-0.05, 0) is 29.7 Å². The van der Waals surface area contributed by atoms with Crippen LogP contribution in [0, 0.1) is 6.92 Å². The average Bonchev–Trinajstić information content (AvgIpc) is 3.23. The molecule has 0 amide bonds. The number of fused-ring (bicyclic) bond motifs is 2. The van der Waals surface area contributed by atoms with Crippen molar-refractivity contribution in [3.8, 4) is 0 Å². The summed E-state index contributed by atoms with van der Waals surface area (Å²) < 4.78 is 7.56. The molecular formula is C20H21N3O5. The van der Waals surface area contributed by atoms with Gasteiger partial charge in [0.1, 0.15) is 36.4 Å². The molecule has 0 bridgehead atoms. The van der Waals surface area contributed by atoms with Gasteiger partial charge in [-0.1, -0.05) is 18.2 Å². The van der Waals surface area contributed by atoms with Crippen molar-refractivity contribution >= 4 is 11.0 Å². The van der Waals surface area contributed by atoms with E-state index in [2.05, 4.69) is 9.97 Å². The van der Waals surface area contributed by atoms with Gasteiger partial charge in [-0.2, -0.15) is 0 Å². The first-order valence-corrected chi connectivity index (χ1v) is 9.24. The molecule has 0 radical (unpaired) electrons. The standard InChI is InChI=1S/C20H21N3O5/c1-9-12-4-5-23(19(12)22-8-21-9)20-17(27)16(26)18(28-20)15(25)10-2-3-13-11(6-10)7-14(13)24/h2-6,8,14-18,20,24-27H,7H2,1H3/t14?,15-,16+,17-,18-,20-/m1/s1. The molecule has 1 fully saturated rings. The summed E-state index contributed by atoms with van der Waals surface area (Å²) in [6, 6.07) is 7.13. The molecular weight excluding hydrogens is 362 g/mol. The number of nitrogens with zero attached hydrogens (tertiary/aromatic N) is 3. The van der Waals surface area contributed by atoms with Crippen LogP contribution >= 0.6 is 0 Å². The lowest BCUT2D eigenvalue weighted by Gasteiger charge is -2.28. The van der Waals surface area contributed by atoms with E-state index in [1.54, 1.807) is 22.9 Å². The summed E-state index contributed by atoms with van der Waals surface area (Å²) in [7, 11) is 0. The van der Waals surface area contributed by atoms with Gasteiger partial charge in [-0.25, -0.2) is 9.97 Å². The lowest BCUT2D eigenvalue weighted by atomic mass is 9.83. The van der Waals surface area contributed by atoms with Crippen molar-refractivity contribution in [2.24, 2.45) is 0 Å². The van der Waals surface area contributed by atoms with E-state index >= 15 is 0 Å². The largest absolute Gasteiger partial charge is 0.388 e. The number of aliphatic hydroxyl groups is 4. The molecule has 1 aliphatic carbocycles. The van der Waals surface area contributed by atoms with Gasteiger partial charge in [0.15, 0.2) is 6.23 Å². The van der Waals surface area contributed by atoms with Crippen LogP contribution in [0.5, 0.6) is 0 Å². The van der Waals surface area contributed by atoms with E-state index in [1.165, 1.54) is 6.33 Å². The zero-order chi connectivity index (χ0) is 19.6. The quantitative estimate of drug-likeness (QED) is 0.525. The first-order chi connectivity index (χ1) is 13.5. The van der Waals surface area contributed by atoms with Crippen molar-refractivity contribution in [1.29, 1.82) is 0 Å². The molecule has 6 atom stereocenters. The van der Waals surface area contributed by atoms with Gasteiger partial charge in [0.25, 0.3) is 0 Å². The molecule has 4 N–H and O–H groups in total. The molecule has 2 aliphatic rings. The Kier molecular flexibility index (Phi) is 4.01. The first kappa shape index (κ1) is 17.7. The Hall–Kier alpha value is -2.36. The second kappa shape index (κ2) is 6.33. The minimum absolute atomic E-state index is 0.451. The number of benzene rings is 1. The maximum Gasteiger partial charge on any atom is 0.164 e. The fourth-order valence-corrected chi connectivity index (χ4v) is 4.17. The Balaban J connectivity index is 1.44. The number of rotatable bonds is 3. The lowest BCUT2D eigenvalue weighted by Crippen LogP contribution is -2.35. The van der Waals surface area contributed by atoms with Crippen LogP contribution in [0.15, 0.2) is 36.8 Å². The molecule has 146 valence electrons. The number of hydrogen-bond donors (Lipinski definition) is 4. The lowest BCUT2D eigenvalue weighted by molar-refractivity contribution is -0.0848. The van der Waals surface area contributed by atoms with Crippen LogP contribution in [0.25, 0.3) is 11.0 Å². The smallest absolute Gasteiger partial charge is 0.164 e. The van der Waals surface area contributed by atoms with E-state index in [-0.39, 0.29) is 0 Å². The van der Waals surface area contributed by atoms with Crippen molar-refractivity contribution in [2.45, 2.75) is 50.1 Å². The van der Waals surface area contributed by atoms with Crippen LogP contribution in [0.4, 0.5) is 0 Å². The summed E-state index contributed by atoms with van der Waals surface area (Å²) in [5.74, 6) is 0. The Labute approximate surface area is 160 Å². The van der Waals surface area contributed by atoms with Crippen LogP contribution in [0.1, 0.15) is 40.8 Å². The zero-order valence-corrected chi connectivity index (χ0v) is 15.2. The number of hydrogen-bond acceptors (Lipinski definition) is 7. The maximum absolute atomic E-state index is 10.8. The number of aryl methyl sites for hydroxylation is 1. The van der Waals surface area contributed by atoms with E-state index in [0.717, 1.165) is 22.2 Å². The Morgan fingerprint density at radius 2 is 1.96 bits per heavy atom. The Morgan fingerprint density at radius 1 is 1.14 bits per heavy atom. The van der Waals surface area contributed by atoms with Gasteiger partial charge in [-0.3, -0.25) is 0 Å². The topological polar surface area (TPSA) is 121 Å². The molecule has 2 aromatic heterocycles. The van der Waals surface area contributed by atoms with Crippen molar-refractivity contribution in [2.75, 3.05) is 0 Å².